The highest BCUT2D eigenvalue weighted by Crippen LogP contribution is 2.26. The number of benzene rings is 2. The van der Waals surface area contributed by atoms with Crippen molar-refractivity contribution in [1.82, 2.24) is 4.90 Å². The van der Waals surface area contributed by atoms with Gasteiger partial charge in [0, 0.05) is 0 Å². The van der Waals surface area contributed by atoms with E-state index in [0.29, 0.717) is 16.9 Å². The summed E-state index contributed by atoms with van der Waals surface area (Å²) < 4.78 is 6.30. The highest BCUT2D eigenvalue weighted by atomic mass is 79.9. The summed E-state index contributed by atoms with van der Waals surface area (Å²) in [7, 11) is 0. The highest BCUT2D eigenvalue weighted by Gasteiger charge is 2.35. The van der Waals surface area contributed by atoms with E-state index in [9.17, 15) is 9.59 Å². The molecule has 0 aliphatic carbocycles. The number of fused-ring (bicyclic) bond motifs is 1. The Hall–Kier alpha value is -2.14. The number of nitrogens with zero attached hydrogens (tertiary/aromatic N) is 1. The maximum absolute atomic E-state index is 12.1. The van der Waals surface area contributed by atoms with Gasteiger partial charge in [-0.2, -0.15) is 0 Å². The van der Waals surface area contributed by atoms with Crippen LogP contribution in [0.15, 0.2) is 53.0 Å². The Kier molecular flexibility index (Phi) is 3.28. The molecule has 1 aliphatic rings. The largest absolute Gasteiger partial charge is 0.471 e. The second kappa shape index (κ2) is 5.09. The first-order valence-electron chi connectivity index (χ1n) is 6.01. The number of carbonyl (C=O) groups is 2. The predicted molar refractivity (Wildman–Crippen MR) is 76.6 cm³/mol. The van der Waals surface area contributed by atoms with Gasteiger partial charge in [0.1, 0.15) is 5.75 Å². The van der Waals surface area contributed by atoms with Gasteiger partial charge in [0.2, 0.25) is 0 Å². The van der Waals surface area contributed by atoms with Gasteiger partial charge in [-0.3, -0.25) is 9.59 Å². The van der Waals surface area contributed by atoms with Gasteiger partial charge in [-0.1, -0.05) is 24.3 Å². The van der Waals surface area contributed by atoms with Crippen LogP contribution in [0, 0.1) is 0 Å². The van der Waals surface area contributed by atoms with Crippen LogP contribution in [0.3, 0.4) is 0 Å². The maximum atomic E-state index is 12.1. The lowest BCUT2D eigenvalue weighted by atomic mass is 10.1. The van der Waals surface area contributed by atoms with Crippen LogP contribution in [0.4, 0.5) is 0 Å². The molecule has 4 nitrogen and oxygen atoms in total. The molecule has 3 rings (SSSR count). The molecule has 0 N–H and O–H groups in total. The van der Waals surface area contributed by atoms with E-state index in [-0.39, 0.29) is 18.5 Å². The van der Waals surface area contributed by atoms with Crippen molar-refractivity contribution in [1.29, 1.82) is 0 Å². The predicted octanol–water partition coefficient (Wildman–Crippen LogP) is 3.08. The van der Waals surface area contributed by atoms with Gasteiger partial charge in [0.25, 0.3) is 11.8 Å². The monoisotopic (exact) mass is 331 g/mol. The fourth-order valence-electron chi connectivity index (χ4n) is 2.05. The van der Waals surface area contributed by atoms with Gasteiger partial charge in [0.05, 0.1) is 15.6 Å². The van der Waals surface area contributed by atoms with Crippen molar-refractivity contribution in [2.75, 3.05) is 6.73 Å². The summed E-state index contributed by atoms with van der Waals surface area (Å²) in [6.07, 6.45) is 0. The summed E-state index contributed by atoms with van der Waals surface area (Å²) in [5.74, 6) is -0.0561. The Morgan fingerprint density at radius 1 is 0.900 bits per heavy atom. The number of amides is 2. The number of para-hydroxylation sites is 1. The first-order chi connectivity index (χ1) is 9.68. The van der Waals surface area contributed by atoms with E-state index in [0.717, 1.165) is 9.37 Å². The van der Waals surface area contributed by atoms with E-state index >= 15 is 0 Å². The summed E-state index contributed by atoms with van der Waals surface area (Å²) in [6, 6.07) is 14.0. The zero-order valence-corrected chi connectivity index (χ0v) is 12.0. The standard InChI is InChI=1S/C15H10BrNO3/c16-12-7-3-4-8-13(12)20-9-17-14(18)10-5-1-2-6-11(10)15(17)19/h1-8H,9H2. The van der Waals surface area contributed by atoms with E-state index in [2.05, 4.69) is 15.9 Å². The van der Waals surface area contributed by atoms with Crippen LogP contribution in [0.5, 0.6) is 5.75 Å². The van der Waals surface area contributed by atoms with Crippen LogP contribution in [0.25, 0.3) is 0 Å². The van der Waals surface area contributed by atoms with Gasteiger partial charge in [-0.05, 0) is 40.2 Å². The molecule has 0 fully saturated rings. The molecule has 1 aliphatic heterocycles. The SMILES string of the molecule is O=C1c2ccccc2C(=O)N1COc1ccccc1Br. The van der Waals surface area contributed by atoms with Gasteiger partial charge < -0.3 is 4.74 Å². The third kappa shape index (κ3) is 2.10. The molecule has 2 aromatic carbocycles. The number of carbonyl (C=O) groups excluding carboxylic acids is 2. The van der Waals surface area contributed by atoms with E-state index in [4.69, 9.17) is 4.74 Å². The van der Waals surface area contributed by atoms with Crippen LogP contribution < -0.4 is 4.74 Å². The molecular formula is C15H10BrNO3. The molecule has 2 amide bonds. The Morgan fingerprint density at radius 3 is 2.05 bits per heavy atom. The number of hydrogen-bond donors (Lipinski definition) is 0. The quantitative estimate of drug-likeness (QED) is 0.812. The summed E-state index contributed by atoms with van der Waals surface area (Å²) in [6.45, 7) is -0.102. The molecule has 0 aromatic heterocycles. The fraction of sp³-hybridized carbons (Fsp3) is 0.0667. The number of imide groups is 1. The third-order valence-corrected chi connectivity index (χ3v) is 3.72. The van der Waals surface area contributed by atoms with Gasteiger partial charge in [0.15, 0.2) is 6.73 Å². The van der Waals surface area contributed by atoms with Crippen LogP contribution >= 0.6 is 15.9 Å². The van der Waals surface area contributed by atoms with Crippen LogP contribution in [-0.4, -0.2) is 23.4 Å². The zero-order valence-electron chi connectivity index (χ0n) is 10.4. The molecule has 20 heavy (non-hydrogen) atoms. The third-order valence-electron chi connectivity index (χ3n) is 3.06. The van der Waals surface area contributed by atoms with Crippen molar-refractivity contribution in [2.45, 2.75) is 0 Å². The summed E-state index contributed by atoms with van der Waals surface area (Å²) in [5, 5.41) is 0. The topological polar surface area (TPSA) is 46.6 Å². The summed E-state index contributed by atoms with van der Waals surface area (Å²) in [4.78, 5) is 25.4. The Bertz CT molecular complexity index is 664. The van der Waals surface area contributed by atoms with Crippen molar-refractivity contribution < 1.29 is 14.3 Å². The van der Waals surface area contributed by atoms with Crippen molar-refractivity contribution in [3.05, 3.63) is 64.1 Å². The highest BCUT2D eigenvalue weighted by molar-refractivity contribution is 9.10. The molecule has 0 spiro atoms. The lowest BCUT2D eigenvalue weighted by Gasteiger charge is -2.15. The smallest absolute Gasteiger partial charge is 0.264 e. The van der Waals surface area contributed by atoms with Crippen molar-refractivity contribution in [3.63, 3.8) is 0 Å². The molecule has 0 atom stereocenters. The molecule has 1 heterocycles. The van der Waals surface area contributed by atoms with Crippen LogP contribution in [-0.2, 0) is 0 Å². The number of halogens is 1. The van der Waals surface area contributed by atoms with E-state index in [1.807, 2.05) is 18.2 Å². The molecule has 0 bridgehead atoms. The average molecular weight is 332 g/mol. The van der Waals surface area contributed by atoms with Gasteiger partial charge in [-0.25, -0.2) is 4.90 Å². The molecule has 0 unspecified atom stereocenters. The molecule has 2 aromatic rings. The maximum Gasteiger partial charge on any atom is 0.264 e. The van der Waals surface area contributed by atoms with Gasteiger partial charge in [-0.15, -0.1) is 0 Å². The summed E-state index contributed by atoms with van der Waals surface area (Å²) >= 11 is 3.35. The van der Waals surface area contributed by atoms with E-state index < -0.39 is 0 Å². The number of rotatable bonds is 3. The average Bonchev–Trinajstić information content (AvgIpc) is 2.71. The number of hydrogen-bond acceptors (Lipinski definition) is 3. The lowest BCUT2D eigenvalue weighted by molar-refractivity contribution is 0.0521. The second-order valence-electron chi connectivity index (χ2n) is 4.29. The normalized spacial score (nSPS) is 13.6. The van der Waals surface area contributed by atoms with Crippen LogP contribution in [0.1, 0.15) is 20.7 Å². The van der Waals surface area contributed by atoms with E-state index in [1.165, 1.54) is 0 Å². The first-order valence-corrected chi connectivity index (χ1v) is 6.80. The Morgan fingerprint density at radius 2 is 1.45 bits per heavy atom. The zero-order chi connectivity index (χ0) is 14.1. The molecule has 5 heteroatoms. The first kappa shape index (κ1) is 12.9. The van der Waals surface area contributed by atoms with Crippen molar-refractivity contribution in [3.8, 4) is 5.75 Å². The number of ether oxygens (including phenoxy) is 1. The second-order valence-corrected chi connectivity index (χ2v) is 5.14. The summed E-state index contributed by atoms with van der Waals surface area (Å²) in [5.41, 5.74) is 0.849. The lowest BCUT2D eigenvalue weighted by Crippen LogP contribution is -2.33. The van der Waals surface area contributed by atoms with Crippen molar-refractivity contribution in [2.24, 2.45) is 0 Å². The molecule has 0 radical (unpaired) electrons. The van der Waals surface area contributed by atoms with Gasteiger partial charge >= 0.3 is 0 Å². The fourth-order valence-corrected chi connectivity index (χ4v) is 2.45. The minimum absolute atomic E-state index is 0.102. The Balaban J connectivity index is 1.79. The molecule has 0 saturated carbocycles. The molecular weight excluding hydrogens is 322 g/mol. The molecule has 100 valence electrons. The Labute approximate surface area is 124 Å². The van der Waals surface area contributed by atoms with E-state index in [1.54, 1.807) is 30.3 Å². The minimum Gasteiger partial charge on any atom is -0.471 e. The van der Waals surface area contributed by atoms with Crippen molar-refractivity contribution >= 4 is 27.7 Å². The minimum atomic E-state index is -0.322. The van der Waals surface area contributed by atoms with Crippen LogP contribution in [0.2, 0.25) is 0 Å². The molecule has 0 saturated heterocycles.